The lowest BCUT2D eigenvalue weighted by Crippen LogP contribution is -2.42. The van der Waals surface area contributed by atoms with Gasteiger partial charge in [0.05, 0.1) is 0 Å². The molecule has 2 fully saturated rings. The van der Waals surface area contributed by atoms with E-state index in [1.165, 1.54) is 57.9 Å². The van der Waals surface area contributed by atoms with Crippen LogP contribution in [-0.2, 0) is 0 Å². The Morgan fingerprint density at radius 3 is 2.40 bits per heavy atom. The van der Waals surface area contributed by atoms with Crippen LogP contribution in [0, 0.1) is 11.3 Å². The molecular weight excluding hydrogens is 182 g/mol. The molecule has 0 saturated heterocycles. The van der Waals surface area contributed by atoms with E-state index in [4.69, 9.17) is 0 Å². The van der Waals surface area contributed by atoms with Gasteiger partial charge in [-0.2, -0.15) is 0 Å². The molecular formula is C14H27N. The molecule has 0 aromatic rings. The zero-order chi connectivity index (χ0) is 10.7. The Morgan fingerprint density at radius 2 is 1.73 bits per heavy atom. The number of hydrogen-bond donors (Lipinski definition) is 1. The molecule has 1 N–H and O–H groups in total. The van der Waals surface area contributed by atoms with E-state index in [2.05, 4.69) is 19.2 Å². The number of rotatable bonds is 3. The summed E-state index contributed by atoms with van der Waals surface area (Å²) in [7, 11) is 0. The highest BCUT2D eigenvalue weighted by molar-refractivity contribution is 4.86. The molecule has 0 bridgehead atoms. The Labute approximate surface area is 95.0 Å². The second-order valence-corrected chi connectivity index (χ2v) is 6.27. The molecule has 0 aromatic heterocycles. The summed E-state index contributed by atoms with van der Waals surface area (Å²) in [6, 6.07) is 0.816. The van der Waals surface area contributed by atoms with Crippen molar-refractivity contribution in [2.24, 2.45) is 11.3 Å². The van der Waals surface area contributed by atoms with Crippen LogP contribution in [0.5, 0.6) is 0 Å². The minimum Gasteiger partial charge on any atom is -0.313 e. The van der Waals surface area contributed by atoms with Gasteiger partial charge < -0.3 is 5.32 Å². The fourth-order valence-corrected chi connectivity index (χ4v) is 3.40. The lowest BCUT2D eigenvalue weighted by molar-refractivity contribution is 0.232. The van der Waals surface area contributed by atoms with Crippen LogP contribution in [0.2, 0.25) is 0 Å². The molecule has 2 unspecified atom stereocenters. The van der Waals surface area contributed by atoms with Crippen LogP contribution < -0.4 is 5.32 Å². The lowest BCUT2D eigenvalue weighted by atomic mass is 9.83. The summed E-state index contributed by atoms with van der Waals surface area (Å²) < 4.78 is 0. The van der Waals surface area contributed by atoms with E-state index in [9.17, 15) is 0 Å². The number of hydrogen-bond acceptors (Lipinski definition) is 1. The van der Waals surface area contributed by atoms with Crippen LogP contribution in [0.3, 0.4) is 0 Å². The van der Waals surface area contributed by atoms with Gasteiger partial charge in [0.25, 0.3) is 0 Å². The SMILES string of the molecule is CC1CCCCC1NCC1(C)CCCC1. The molecule has 88 valence electrons. The second-order valence-electron chi connectivity index (χ2n) is 6.27. The maximum Gasteiger partial charge on any atom is 0.00929 e. The standard InChI is InChI=1S/C14H27N/c1-12-7-3-4-8-13(12)15-11-14(2)9-5-6-10-14/h12-13,15H,3-11H2,1-2H3. The van der Waals surface area contributed by atoms with E-state index in [1.807, 2.05) is 0 Å². The van der Waals surface area contributed by atoms with Gasteiger partial charge >= 0.3 is 0 Å². The van der Waals surface area contributed by atoms with Gasteiger partial charge in [0.2, 0.25) is 0 Å². The Balaban J connectivity index is 1.76. The Bertz CT molecular complexity index is 194. The smallest absolute Gasteiger partial charge is 0.00929 e. The molecule has 2 aliphatic carbocycles. The fourth-order valence-electron chi connectivity index (χ4n) is 3.40. The van der Waals surface area contributed by atoms with Gasteiger partial charge in [0.15, 0.2) is 0 Å². The van der Waals surface area contributed by atoms with E-state index >= 15 is 0 Å². The molecule has 0 aliphatic heterocycles. The topological polar surface area (TPSA) is 12.0 Å². The minimum absolute atomic E-state index is 0.622. The molecule has 2 saturated carbocycles. The van der Waals surface area contributed by atoms with Crippen LogP contribution >= 0.6 is 0 Å². The Morgan fingerprint density at radius 1 is 1.07 bits per heavy atom. The van der Waals surface area contributed by atoms with Crippen molar-refractivity contribution in [1.29, 1.82) is 0 Å². The highest BCUT2D eigenvalue weighted by Gasteiger charge is 2.30. The summed E-state index contributed by atoms with van der Waals surface area (Å²) in [5, 5.41) is 3.85. The largest absolute Gasteiger partial charge is 0.313 e. The van der Waals surface area contributed by atoms with Gasteiger partial charge in [-0.15, -0.1) is 0 Å². The first kappa shape index (κ1) is 11.4. The average Bonchev–Trinajstić information content (AvgIpc) is 2.65. The number of nitrogens with one attached hydrogen (secondary N) is 1. The van der Waals surface area contributed by atoms with Crippen LogP contribution in [-0.4, -0.2) is 12.6 Å². The molecule has 1 heteroatoms. The summed E-state index contributed by atoms with van der Waals surface area (Å²) in [5.74, 6) is 0.906. The second kappa shape index (κ2) is 4.86. The van der Waals surface area contributed by atoms with Crippen molar-refractivity contribution in [2.45, 2.75) is 71.3 Å². The maximum atomic E-state index is 3.85. The van der Waals surface area contributed by atoms with Crippen molar-refractivity contribution in [3.63, 3.8) is 0 Å². The van der Waals surface area contributed by atoms with Crippen molar-refractivity contribution in [3.8, 4) is 0 Å². The first-order valence-electron chi connectivity index (χ1n) is 6.93. The van der Waals surface area contributed by atoms with Crippen molar-refractivity contribution >= 4 is 0 Å². The molecule has 0 amide bonds. The molecule has 2 aliphatic rings. The molecule has 0 aromatic carbocycles. The predicted molar refractivity (Wildman–Crippen MR) is 66.0 cm³/mol. The van der Waals surface area contributed by atoms with Crippen molar-refractivity contribution < 1.29 is 0 Å². The third kappa shape index (κ3) is 2.96. The van der Waals surface area contributed by atoms with E-state index in [1.54, 1.807) is 0 Å². The first-order chi connectivity index (χ1) is 7.20. The van der Waals surface area contributed by atoms with Crippen LogP contribution in [0.15, 0.2) is 0 Å². The van der Waals surface area contributed by atoms with Crippen molar-refractivity contribution in [3.05, 3.63) is 0 Å². The van der Waals surface area contributed by atoms with Gasteiger partial charge in [0.1, 0.15) is 0 Å². The highest BCUT2D eigenvalue weighted by Crippen LogP contribution is 2.37. The third-order valence-electron chi connectivity index (χ3n) is 4.71. The first-order valence-corrected chi connectivity index (χ1v) is 6.93. The Hall–Kier alpha value is -0.0400. The molecule has 2 atom stereocenters. The maximum absolute atomic E-state index is 3.85. The molecule has 0 radical (unpaired) electrons. The monoisotopic (exact) mass is 209 g/mol. The van der Waals surface area contributed by atoms with Crippen molar-refractivity contribution in [1.82, 2.24) is 5.32 Å². The van der Waals surface area contributed by atoms with E-state index in [0.29, 0.717) is 5.41 Å². The molecule has 0 spiro atoms. The van der Waals surface area contributed by atoms with E-state index in [0.717, 1.165) is 12.0 Å². The zero-order valence-corrected chi connectivity index (χ0v) is 10.5. The summed E-state index contributed by atoms with van der Waals surface area (Å²) in [6.07, 6.45) is 11.6. The normalized spacial score (nSPS) is 35.6. The van der Waals surface area contributed by atoms with Crippen LogP contribution in [0.1, 0.15) is 65.2 Å². The van der Waals surface area contributed by atoms with Gasteiger partial charge in [-0.1, -0.05) is 39.5 Å². The average molecular weight is 209 g/mol. The quantitative estimate of drug-likeness (QED) is 0.746. The lowest BCUT2D eigenvalue weighted by Gasteiger charge is -2.33. The van der Waals surface area contributed by atoms with Crippen LogP contribution in [0.4, 0.5) is 0 Å². The summed E-state index contributed by atoms with van der Waals surface area (Å²) in [6.45, 7) is 6.16. The molecule has 2 rings (SSSR count). The van der Waals surface area contributed by atoms with Crippen molar-refractivity contribution in [2.75, 3.05) is 6.54 Å². The summed E-state index contributed by atoms with van der Waals surface area (Å²) in [5.41, 5.74) is 0.622. The van der Waals surface area contributed by atoms with Gasteiger partial charge in [-0.05, 0) is 37.0 Å². The zero-order valence-electron chi connectivity index (χ0n) is 10.5. The highest BCUT2D eigenvalue weighted by atomic mass is 14.9. The minimum atomic E-state index is 0.622. The third-order valence-corrected chi connectivity index (χ3v) is 4.71. The van der Waals surface area contributed by atoms with Gasteiger partial charge in [-0.3, -0.25) is 0 Å². The van der Waals surface area contributed by atoms with Crippen LogP contribution in [0.25, 0.3) is 0 Å². The Kier molecular flexibility index (Phi) is 3.71. The molecule has 15 heavy (non-hydrogen) atoms. The van der Waals surface area contributed by atoms with E-state index in [-0.39, 0.29) is 0 Å². The molecule has 1 nitrogen and oxygen atoms in total. The van der Waals surface area contributed by atoms with Gasteiger partial charge in [-0.25, -0.2) is 0 Å². The fraction of sp³-hybridized carbons (Fsp3) is 1.00. The van der Waals surface area contributed by atoms with Gasteiger partial charge in [0, 0.05) is 12.6 Å². The van der Waals surface area contributed by atoms with E-state index < -0.39 is 0 Å². The molecule has 0 heterocycles. The summed E-state index contributed by atoms with van der Waals surface area (Å²) in [4.78, 5) is 0. The summed E-state index contributed by atoms with van der Waals surface area (Å²) >= 11 is 0. The predicted octanol–water partition coefficient (Wildman–Crippen LogP) is 3.74.